The maximum absolute atomic E-state index is 12.4. The van der Waals surface area contributed by atoms with E-state index in [1.54, 1.807) is 6.20 Å². The first-order chi connectivity index (χ1) is 11.3. The predicted octanol–water partition coefficient (Wildman–Crippen LogP) is 4.38. The molecule has 0 fully saturated rings. The van der Waals surface area contributed by atoms with Gasteiger partial charge in [-0.2, -0.15) is 4.40 Å². The molecule has 1 atom stereocenters. The SMILES string of the molecule is CCCC(=NS(=O)C(C)(C)C)c1cc(-c2ccccc2N)ccn1. The Kier molecular flexibility index (Phi) is 5.89. The van der Waals surface area contributed by atoms with Gasteiger partial charge in [0.15, 0.2) is 0 Å². The fourth-order valence-corrected chi connectivity index (χ4v) is 2.87. The number of nitrogens with zero attached hydrogens (tertiary/aromatic N) is 2. The van der Waals surface area contributed by atoms with E-state index in [-0.39, 0.29) is 4.75 Å². The lowest BCUT2D eigenvalue weighted by Crippen LogP contribution is -2.21. The quantitative estimate of drug-likeness (QED) is 0.647. The molecule has 5 heteroatoms. The Morgan fingerprint density at radius 2 is 1.96 bits per heavy atom. The molecule has 2 N–H and O–H groups in total. The number of anilines is 1. The summed E-state index contributed by atoms with van der Waals surface area (Å²) in [6.45, 7) is 7.84. The summed E-state index contributed by atoms with van der Waals surface area (Å²) in [7, 11) is -1.30. The van der Waals surface area contributed by atoms with Gasteiger partial charge in [0.1, 0.15) is 11.0 Å². The van der Waals surface area contributed by atoms with E-state index in [1.807, 2.05) is 57.2 Å². The van der Waals surface area contributed by atoms with Crippen LogP contribution in [0.5, 0.6) is 0 Å². The smallest absolute Gasteiger partial charge is 0.145 e. The van der Waals surface area contributed by atoms with E-state index >= 15 is 0 Å². The van der Waals surface area contributed by atoms with Crippen molar-refractivity contribution in [1.82, 2.24) is 4.98 Å². The van der Waals surface area contributed by atoms with Gasteiger partial charge in [-0.1, -0.05) is 31.5 Å². The average Bonchev–Trinajstić information content (AvgIpc) is 2.54. The van der Waals surface area contributed by atoms with Crippen LogP contribution >= 0.6 is 0 Å². The van der Waals surface area contributed by atoms with Crippen LogP contribution in [0, 0.1) is 0 Å². The number of benzene rings is 1. The summed E-state index contributed by atoms with van der Waals surface area (Å²) in [5.41, 5.74) is 10.3. The van der Waals surface area contributed by atoms with Crippen LogP contribution in [0.4, 0.5) is 5.69 Å². The molecule has 0 aliphatic rings. The van der Waals surface area contributed by atoms with Crippen molar-refractivity contribution in [3.8, 4) is 11.1 Å². The van der Waals surface area contributed by atoms with Gasteiger partial charge < -0.3 is 5.73 Å². The molecule has 0 saturated heterocycles. The molecule has 2 rings (SSSR count). The Labute approximate surface area is 146 Å². The Balaban J connectivity index is 2.46. The monoisotopic (exact) mass is 343 g/mol. The van der Waals surface area contributed by atoms with Gasteiger partial charge in [0, 0.05) is 17.4 Å². The fourth-order valence-electron chi connectivity index (χ4n) is 2.21. The zero-order valence-electron chi connectivity index (χ0n) is 14.7. The molecule has 0 aliphatic carbocycles. The van der Waals surface area contributed by atoms with E-state index in [1.165, 1.54) is 0 Å². The Morgan fingerprint density at radius 3 is 2.58 bits per heavy atom. The minimum Gasteiger partial charge on any atom is -0.398 e. The second kappa shape index (κ2) is 7.71. The van der Waals surface area contributed by atoms with E-state index in [9.17, 15) is 4.21 Å². The molecule has 4 nitrogen and oxygen atoms in total. The first kappa shape index (κ1) is 18.3. The van der Waals surface area contributed by atoms with E-state index in [4.69, 9.17) is 5.73 Å². The van der Waals surface area contributed by atoms with Crippen molar-refractivity contribution in [2.45, 2.75) is 45.3 Å². The highest BCUT2D eigenvalue weighted by atomic mass is 32.2. The van der Waals surface area contributed by atoms with Crippen LogP contribution < -0.4 is 5.73 Å². The molecule has 128 valence electrons. The number of pyridine rings is 1. The number of aromatic nitrogens is 1. The van der Waals surface area contributed by atoms with Crippen LogP contribution in [0.2, 0.25) is 0 Å². The van der Waals surface area contributed by atoms with Crippen LogP contribution in [0.1, 0.15) is 46.2 Å². The summed E-state index contributed by atoms with van der Waals surface area (Å²) in [5, 5.41) is 0. The van der Waals surface area contributed by atoms with Gasteiger partial charge in [-0.3, -0.25) is 4.98 Å². The third-order valence-electron chi connectivity index (χ3n) is 3.53. The van der Waals surface area contributed by atoms with Crippen molar-refractivity contribution in [1.29, 1.82) is 0 Å². The van der Waals surface area contributed by atoms with Gasteiger partial charge in [-0.15, -0.1) is 0 Å². The average molecular weight is 343 g/mol. The third kappa shape index (κ3) is 4.51. The first-order valence-electron chi connectivity index (χ1n) is 8.13. The zero-order chi connectivity index (χ0) is 17.7. The summed E-state index contributed by atoms with van der Waals surface area (Å²) in [5.74, 6) is 0. The molecular weight excluding hydrogens is 318 g/mol. The van der Waals surface area contributed by atoms with Crippen LogP contribution in [-0.4, -0.2) is 19.7 Å². The highest BCUT2D eigenvalue weighted by molar-refractivity contribution is 7.85. The Hall–Kier alpha value is -2.01. The molecule has 1 unspecified atom stereocenters. The molecule has 2 aromatic rings. The molecule has 0 spiro atoms. The molecule has 0 bridgehead atoms. The molecule has 0 radical (unpaired) electrons. The highest BCUT2D eigenvalue weighted by Crippen LogP contribution is 2.26. The zero-order valence-corrected chi connectivity index (χ0v) is 15.6. The summed E-state index contributed by atoms with van der Waals surface area (Å²) >= 11 is 0. The first-order valence-corrected chi connectivity index (χ1v) is 9.24. The van der Waals surface area contributed by atoms with E-state index in [0.29, 0.717) is 0 Å². The lowest BCUT2D eigenvalue weighted by molar-refractivity contribution is 0.650. The van der Waals surface area contributed by atoms with Crippen LogP contribution in [0.3, 0.4) is 0 Å². The van der Waals surface area contributed by atoms with Gasteiger partial charge in [0.05, 0.1) is 16.2 Å². The predicted molar refractivity (Wildman–Crippen MR) is 103 cm³/mol. The van der Waals surface area contributed by atoms with Crippen molar-refractivity contribution in [3.05, 3.63) is 48.3 Å². The number of hydrogen-bond donors (Lipinski definition) is 1. The van der Waals surface area contributed by atoms with Crippen LogP contribution in [-0.2, 0) is 11.0 Å². The lowest BCUT2D eigenvalue weighted by Gasteiger charge is -2.15. The third-order valence-corrected chi connectivity index (χ3v) is 4.97. The van der Waals surface area contributed by atoms with E-state index in [0.717, 1.165) is 41.1 Å². The summed E-state index contributed by atoms with van der Waals surface area (Å²) < 4.78 is 16.5. The standard InChI is InChI=1S/C19H25N3OS/c1-5-8-17(22-24(23)19(2,3)4)18-13-14(11-12-21-18)15-9-6-7-10-16(15)20/h6-7,9-13H,5,8,20H2,1-4H3. The second-order valence-electron chi connectivity index (χ2n) is 6.67. The maximum Gasteiger partial charge on any atom is 0.145 e. The van der Waals surface area contributed by atoms with Crippen molar-refractivity contribution >= 4 is 22.4 Å². The molecule has 24 heavy (non-hydrogen) atoms. The van der Waals surface area contributed by atoms with Gasteiger partial charge in [-0.25, -0.2) is 4.21 Å². The molecule has 1 aromatic carbocycles. The Morgan fingerprint density at radius 1 is 1.25 bits per heavy atom. The van der Waals surface area contributed by atoms with Gasteiger partial charge in [0.25, 0.3) is 0 Å². The van der Waals surface area contributed by atoms with E-state index < -0.39 is 11.0 Å². The summed E-state index contributed by atoms with van der Waals surface area (Å²) in [4.78, 5) is 4.44. The molecule has 1 heterocycles. The molecule has 0 amide bonds. The number of hydrogen-bond acceptors (Lipinski definition) is 3. The van der Waals surface area contributed by atoms with Crippen LogP contribution in [0.25, 0.3) is 11.1 Å². The Bertz CT molecular complexity index is 763. The molecular formula is C19H25N3OS. The van der Waals surface area contributed by atoms with Crippen molar-refractivity contribution in [3.63, 3.8) is 0 Å². The molecule has 1 aromatic heterocycles. The van der Waals surface area contributed by atoms with Gasteiger partial charge in [-0.05, 0) is 51.0 Å². The highest BCUT2D eigenvalue weighted by Gasteiger charge is 2.20. The van der Waals surface area contributed by atoms with E-state index in [2.05, 4.69) is 16.3 Å². The largest absolute Gasteiger partial charge is 0.398 e. The molecule has 0 aliphatic heterocycles. The van der Waals surface area contributed by atoms with Crippen molar-refractivity contribution in [2.24, 2.45) is 4.40 Å². The number of rotatable bonds is 5. The summed E-state index contributed by atoms with van der Waals surface area (Å²) in [6.07, 6.45) is 3.41. The van der Waals surface area contributed by atoms with Gasteiger partial charge >= 0.3 is 0 Å². The summed E-state index contributed by atoms with van der Waals surface area (Å²) in [6, 6.07) is 11.6. The van der Waals surface area contributed by atoms with Crippen molar-refractivity contribution in [2.75, 3.05) is 5.73 Å². The lowest BCUT2D eigenvalue weighted by atomic mass is 10.0. The maximum atomic E-state index is 12.4. The van der Waals surface area contributed by atoms with Gasteiger partial charge in [0.2, 0.25) is 0 Å². The van der Waals surface area contributed by atoms with Crippen LogP contribution in [0.15, 0.2) is 47.0 Å². The number of nitrogen functional groups attached to an aromatic ring is 1. The molecule has 0 saturated carbocycles. The second-order valence-corrected chi connectivity index (χ2v) is 8.57. The normalized spacial score (nSPS) is 13.8. The van der Waals surface area contributed by atoms with Crippen molar-refractivity contribution < 1.29 is 4.21 Å². The number of nitrogens with two attached hydrogens (primary N) is 1. The minimum absolute atomic E-state index is 0.388. The number of para-hydroxylation sites is 1. The fraction of sp³-hybridized carbons (Fsp3) is 0.368. The topological polar surface area (TPSA) is 68.3 Å². The minimum atomic E-state index is -1.30.